The minimum Gasteiger partial charge on any atom is -0.374 e. The average Bonchev–Trinajstić information content (AvgIpc) is 3.13. The van der Waals surface area contributed by atoms with Crippen LogP contribution in [0.2, 0.25) is 0 Å². The van der Waals surface area contributed by atoms with Crippen molar-refractivity contribution in [1.82, 2.24) is 0 Å². The highest BCUT2D eigenvalue weighted by atomic mass is 16.8. The predicted molar refractivity (Wildman–Crippen MR) is 99.8 cm³/mol. The summed E-state index contributed by atoms with van der Waals surface area (Å²) < 4.78 is 30.1. The van der Waals surface area contributed by atoms with E-state index in [1.54, 1.807) is 0 Å². The molecule has 2 aromatic rings. The molecular weight excluding hydrogens is 344 g/mol. The summed E-state index contributed by atoms with van der Waals surface area (Å²) in [6, 6.07) is 20.2. The summed E-state index contributed by atoms with van der Waals surface area (Å²) in [7, 11) is 0. The van der Waals surface area contributed by atoms with Gasteiger partial charge in [0.05, 0.1) is 19.8 Å². The number of fused-ring (bicyclic) bond motifs is 1. The van der Waals surface area contributed by atoms with E-state index in [1.807, 2.05) is 74.5 Å². The maximum atomic E-state index is 6.20. The number of benzene rings is 2. The van der Waals surface area contributed by atoms with Crippen LogP contribution in [0.1, 0.15) is 25.0 Å². The second-order valence-electron chi connectivity index (χ2n) is 7.41. The van der Waals surface area contributed by atoms with Crippen LogP contribution in [-0.4, -0.2) is 37.0 Å². The van der Waals surface area contributed by atoms with Crippen LogP contribution in [0.15, 0.2) is 60.7 Å². The molecule has 0 aliphatic carbocycles. The van der Waals surface area contributed by atoms with E-state index in [-0.39, 0.29) is 18.3 Å². The highest BCUT2D eigenvalue weighted by molar-refractivity contribution is 5.14. The van der Waals surface area contributed by atoms with Crippen molar-refractivity contribution in [3.05, 3.63) is 71.8 Å². The quantitative estimate of drug-likeness (QED) is 0.744. The fraction of sp³-hybridized carbons (Fsp3) is 0.455. The molecule has 2 unspecified atom stereocenters. The normalized spacial score (nSPS) is 29.0. The van der Waals surface area contributed by atoms with E-state index in [4.69, 9.17) is 23.7 Å². The van der Waals surface area contributed by atoms with E-state index in [0.717, 1.165) is 11.1 Å². The maximum absolute atomic E-state index is 6.20. The standard InChI is InChI=1S/C22H26O5/c1-22(2)26-20-19(24-14-17-11-7-4-8-12-17)18(25-21(20)27-22)15-23-13-16-9-5-3-6-10-16/h3-12,18-21H,13-15H2,1-2H3/t18-,19?,20?,21+/m1/s1. The van der Waals surface area contributed by atoms with E-state index >= 15 is 0 Å². The first-order valence-corrected chi connectivity index (χ1v) is 9.39. The van der Waals surface area contributed by atoms with Gasteiger partial charge in [0.2, 0.25) is 0 Å². The van der Waals surface area contributed by atoms with Gasteiger partial charge in [-0.15, -0.1) is 0 Å². The summed E-state index contributed by atoms with van der Waals surface area (Å²) in [5, 5.41) is 0. The van der Waals surface area contributed by atoms with Gasteiger partial charge in [-0.1, -0.05) is 60.7 Å². The minimum absolute atomic E-state index is 0.233. The Labute approximate surface area is 160 Å². The molecule has 2 aliphatic heterocycles. The van der Waals surface area contributed by atoms with E-state index in [2.05, 4.69) is 0 Å². The first-order chi connectivity index (χ1) is 13.1. The fourth-order valence-electron chi connectivity index (χ4n) is 3.52. The van der Waals surface area contributed by atoms with Crippen molar-refractivity contribution in [3.63, 3.8) is 0 Å². The zero-order valence-electron chi connectivity index (χ0n) is 15.7. The molecule has 144 valence electrons. The summed E-state index contributed by atoms with van der Waals surface area (Å²) >= 11 is 0. The molecule has 0 aromatic heterocycles. The van der Waals surface area contributed by atoms with Crippen molar-refractivity contribution in [2.24, 2.45) is 0 Å². The van der Waals surface area contributed by atoms with Gasteiger partial charge in [0.1, 0.15) is 18.3 Å². The van der Waals surface area contributed by atoms with Gasteiger partial charge in [-0.25, -0.2) is 0 Å². The van der Waals surface area contributed by atoms with Crippen LogP contribution in [-0.2, 0) is 36.9 Å². The van der Waals surface area contributed by atoms with Gasteiger partial charge in [-0.05, 0) is 25.0 Å². The van der Waals surface area contributed by atoms with Crippen LogP contribution >= 0.6 is 0 Å². The Bertz CT molecular complexity index is 718. The molecule has 0 bridgehead atoms. The molecule has 5 heteroatoms. The third-order valence-corrected chi connectivity index (χ3v) is 4.77. The van der Waals surface area contributed by atoms with Crippen molar-refractivity contribution in [2.45, 2.75) is 57.5 Å². The minimum atomic E-state index is -0.667. The lowest BCUT2D eigenvalue weighted by Gasteiger charge is -2.26. The zero-order chi connectivity index (χ0) is 18.7. The lowest BCUT2D eigenvalue weighted by atomic mass is 10.1. The Morgan fingerprint density at radius 2 is 1.48 bits per heavy atom. The van der Waals surface area contributed by atoms with Gasteiger partial charge in [0.15, 0.2) is 12.1 Å². The first kappa shape index (κ1) is 18.6. The van der Waals surface area contributed by atoms with Crippen LogP contribution in [0.25, 0.3) is 0 Å². The highest BCUT2D eigenvalue weighted by Gasteiger charge is 2.55. The highest BCUT2D eigenvalue weighted by Crippen LogP contribution is 2.39. The fourth-order valence-corrected chi connectivity index (χ4v) is 3.52. The molecular formula is C22H26O5. The van der Waals surface area contributed by atoms with E-state index in [0.29, 0.717) is 19.8 Å². The topological polar surface area (TPSA) is 46.2 Å². The molecule has 0 spiro atoms. The van der Waals surface area contributed by atoms with Crippen LogP contribution < -0.4 is 0 Å². The zero-order valence-corrected chi connectivity index (χ0v) is 15.7. The molecule has 2 aliphatic rings. The third-order valence-electron chi connectivity index (χ3n) is 4.77. The molecule has 4 rings (SSSR count). The molecule has 0 N–H and O–H groups in total. The molecule has 0 radical (unpaired) electrons. The second kappa shape index (κ2) is 8.09. The Kier molecular flexibility index (Phi) is 5.57. The van der Waals surface area contributed by atoms with Crippen molar-refractivity contribution >= 4 is 0 Å². The predicted octanol–water partition coefficient (Wildman–Crippen LogP) is 3.67. The van der Waals surface area contributed by atoms with Crippen LogP contribution in [0.5, 0.6) is 0 Å². The van der Waals surface area contributed by atoms with Crippen molar-refractivity contribution in [2.75, 3.05) is 6.61 Å². The molecule has 0 saturated carbocycles. The summed E-state index contributed by atoms with van der Waals surface area (Å²) in [6.07, 6.45) is -1.16. The lowest BCUT2D eigenvalue weighted by molar-refractivity contribution is -0.225. The molecule has 27 heavy (non-hydrogen) atoms. The van der Waals surface area contributed by atoms with Crippen molar-refractivity contribution in [1.29, 1.82) is 0 Å². The summed E-state index contributed by atoms with van der Waals surface area (Å²) in [5.74, 6) is -0.667. The largest absolute Gasteiger partial charge is 0.374 e. The van der Waals surface area contributed by atoms with Crippen molar-refractivity contribution in [3.8, 4) is 0 Å². The SMILES string of the molecule is CC1(C)OC2C(OCc3ccccc3)[C@@H](COCc3ccccc3)O[C@H]2O1. The molecule has 4 atom stereocenters. The molecule has 0 amide bonds. The molecule has 2 saturated heterocycles. The van der Waals surface area contributed by atoms with Crippen molar-refractivity contribution < 1.29 is 23.7 Å². The van der Waals surface area contributed by atoms with Gasteiger partial charge < -0.3 is 23.7 Å². The summed E-state index contributed by atoms with van der Waals surface area (Å²) in [6.45, 7) is 5.24. The van der Waals surface area contributed by atoms with Gasteiger partial charge in [-0.2, -0.15) is 0 Å². The van der Waals surface area contributed by atoms with Gasteiger partial charge >= 0.3 is 0 Å². The number of hydrogen-bond donors (Lipinski definition) is 0. The molecule has 2 aromatic carbocycles. The second-order valence-corrected chi connectivity index (χ2v) is 7.41. The molecule has 5 nitrogen and oxygen atoms in total. The van der Waals surface area contributed by atoms with E-state index in [9.17, 15) is 0 Å². The third kappa shape index (κ3) is 4.57. The van der Waals surface area contributed by atoms with Crippen LogP contribution in [0, 0.1) is 0 Å². The monoisotopic (exact) mass is 370 g/mol. The van der Waals surface area contributed by atoms with Gasteiger partial charge in [0.25, 0.3) is 0 Å². The Morgan fingerprint density at radius 1 is 0.852 bits per heavy atom. The van der Waals surface area contributed by atoms with Gasteiger partial charge in [0, 0.05) is 0 Å². The smallest absolute Gasteiger partial charge is 0.190 e. The Balaban J connectivity index is 1.38. The van der Waals surface area contributed by atoms with E-state index in [1.165, 1.54) is 0 Å². The Morgan fingerprint density at radius 3 is 2.15 bits per heavy atom. The summed E-state index contributed by atoms with van der Waals surface area (Å²) in [4.78, 5) is 0. The Hall–Kier alpha value is -1.76. The van der Waals surface area contributed by atoms with Crippen LogP contribution in [0.4, 0.5) is 0 Å². The number of hydrogen-bond acceptors (Lipinski definition) is 5. The molecule has 2 heterocycles. The maximum Gasteiger partial charge on any atom is 0.190 e. The van der Waals surface area contributed by atoms with E-state index < -0.39 is 12.1 Å². The average molecular weight is 370 g/mol. The number of ether oxygens (including phenoxy) is 5. The summed E-state index contributed by atoms with van der Waals surface area (Å²) in [5.41, 5.74) is 2.24. The number of rotatable bonds is 7. The van der Waals surface area contributed by atoms with Gasteiger partial charge in [-0.3, -0.25) is 0 Å². The van der Waals surface area contributed by atoms with Crippen LogP contribution in [0.3, 0.4) is 0 Å². The molecule has 2 fully saturated rings. The first-order valence-electron chi connectivity index (χ1n) is 9.39. The lowest BCUT2D eigenvalue weighted by Crippen LogP contribution is -2.38.